The summed E-state index contributed by atoms with van der Waals surface area (Å²) in [6, 6.07) is 33.7. The number of nitrogens with one attached hydrogen (secondary N) is 1. The van der Waals surface area contributed by atoms with Crippen LogP contribution in [0.2, 0.25) is 0 Å². The molecule has 0 amide bonds. The molecule has 0 bridgehead atoms. The van der Waals surface area contributed by atoms with Crippen LogP contribution in [0.3, 0.4) is 0 Å². The molecule has 0 atom stereocenters. The Balaban J connectivity index is 1.98. The maximum absolute atomic E-state index is 4.92. The Labute approximate surface area is 163 Å². The Morgan fingerprint density at radius 3 is 1.61 bits per heavy atom. The van der Waals surface area contributed by atoms with E-state index in [9.17, 15) is 0 Å². The third kappa shape index (κ3) is 2.44. The van der Waals surface area contributed by atoms with Gasteiger partial charge in [-0.25, -0.2) is 0 Å². The van der Waals surface area contributed by atoms with Gasteiger partial charge in [-0.2, -0.15) is 5.10 Å². The Morgan fingerprint density at radius 1 is 0.607 bits per heavy atom. The van der Waals surface area contributed by atoms with E-state index in [4.69, 9.17) is 4.98 Å². The second-order valence-corrected chi connectivity index (χ2v) is 6.84. The first-order chi connectivity index (χ1) is 13.9. The Bertz CT molecular complexity index is 1100. The van der Waals surface area contributed by atoms with E-state index < -0.39 is 5.41 Å². The summed E-state index contributed by atoms with van der Waals surface area (Å²) in [5.41, 5.74) is 4.93. The highest BCUT2D eigenvalue weighted by Gasteiger charge is 2.40. The molecule has 3 heteroatoms. The van der Waals surface area contributed by atoms with Crippen molar-refractivity contribution in [2.24, 2.45) is 0 Å². The second kappa shape index (κ2) is 6.78. The first-order valence-corrected chi connectivity index (χ1v) is 9.36. The van der Waals surface area contributed by atoms with Crippen LogP contribution >= 0.6 is 0 Å². The predicted molar refractivity (Wildman–Crippen MR) is 112 cm³/mol. The summed E-state index contributed by atoms with van der Waals surface area (Å²) < 4.78 is 0. The van der Waals surface area contributed by atoms with E-state index >= 15 is 0 Å². The number of aromatic nitrogens is 3. The van der Waals surface area contributed by atoms with Gasteiger partial charge in [-0.15, -0.1) is 0 Å². The van der Waals surface area contributed by atoms with Gasteiger partial charge in [0.15, 0.2) is 0 Å². The molecule has 3 nitrogen and oxygen atoms in total. The van der Waals surface area contributed by atoms with E-state index in [0.717, 1.165) is 16.6 Å². The van der Waals surface area contributed by atoms with Gasteiger partial charge in [0.1, 0.15) is 0 Å². The molecule has 5 rings (SSSR count). The number of H-pyrrole nitrogens is 1. The highest BCUT2D eigenvalue weighted by atomic mass is 15.1. The Hall–Kier alpha value is -3.72. The van der Waals surface area contributed by atoms with Crippen LogP contribution in [0.5, 0.6) is 0 Å². The first-order valence-electron chi connectivity index (χ1n) is 9.36. The van der Waals surface area contributed by atoms with Crippen LogP contribution in [0.1, 0.15) is 22.4 Å². The van der Waals surface area contributed by atoms with Crippen molar-refractivity contribution >= 4 is 10.9 Å². The third-order valence-electron chi connectivity index (χ3n) is 5.34. The molecule has 0 aliphatic heterocycles. The molecule has 5 aromatic rings. The minimum atomic E-state index is -0.548. The normalized spacial score (nSPS) is 11.6. The molecule has 2 aromatic heterocycles. The number of benzene rings is 3. The topological polar surface area (TPSA) is 41.6 Å². The molecule has 28 heavy (non-hydrogen) atoms. The van der Waals surface area contributed by atoms with Crippen molar-refractivity contribution in [1.29, 1.82) is 0 Å². The zero-order chi connectivity index (χ0) is 18.8. The average molecular weight is 361 g/mol. The van der Waals surface area contributed by atoms with Crippen molar-refractivity contribution in [3.05, 3.63) is 132 Å². The van der Waals surface area contributed by atoms with Gasteiger partial charge >= 0.3 is 0 Å². The lowest BCUT2D eigenvalue weighted by molar-refractivity contribution is 0.723. The fourth-order valence-corrected chi connectivity index (χ4v) is 4.14. The molecule has 1 N–H and O–H groups in total. The zero-order valence-corrected chi connectivity index (χ0v) is 15.3. The summed E-state index contributed by atoms with van der Waals surface area (Å²) in [4.78, 5) is 4.92. The summed E-state index contributed by atoms with van der Waals surface area (Å²) in [6.45, 7) is 0. The second-order valence-electron chi connectivity index (χ2n) is 6.84. The molecular weight excluding hydrogens is 342 g/mol. The van der Waals surface area contributed by atoms with Gasteiger partial charge in [0, 0.05) is 11.6 Å². The minimum absolute atomic E-state index is 0.548. The molecule has 134 valence electrons. The van der Waals surface area contributed by atoms with Crippen LogP contribution in [0.15, 0.2) is 109 Å². The van der Waals surface area contributed by atoms with Crippen molar-refractivity contribution < 1.29 is 0 Å². The highest BCUT2D eigenvalue weighted by molar-refractivity contribution is 5.84. The molecule has 0 spiro atoms. The van der Waals surface area contributed by atoms with Gasteiger partial charge in [0.05, 0.1) is 22.8 Å². The standard InChI is InChI=1S/C25H19N3/c1-4-10-19(11-5-1)25(20-12-6-2-7-13-20,21-14-8-3-9-15-21)24-22-18-27-28-23(22)16-17-26-24/h1-18H,(H,27,28). The van der Waals surface area contributed by atoms with E-state index in [0.29, 0.717) is 0 Å². The molecule has 3 aromatic carbocycles. The summed E-state index contributed by atoms with van der Waals surface area (Å²) in [7, 11) is 0. The molecule has 0 saturated carbocycles. The van der Waals surface area contributed by atoms with Gasteiger partial charge in [0.25, 0.3) is 0 Å². The van der Waals surface area contributed by atoms with Gasteiger partial charge < -0.3 is 0 Å². The number of rotatable bonds is 4. The number of hydrogen-bond donors (Lipinski definition) is 1. The first kappa shape index (κ1) is 16.5. The number of nitrogens with zero attached hydrogens (tertiary/aromatic N) is 2. The predicted octanol–water partition coefficient (Wildman–Crippen LogP) is 5.34. The van der Waals surface area contributed by atoms with Crippen LogP contribution in [-0.4, -0.2) is 15.2 Å². The Kier molecular flexibility index (Phi) is 3.99. The lowest BCUT2D eigenvalue weighted by atomic mass is 9.66. The van der Waals surface area contributed by atoms with Gasteiger partial charge in [0.2, 0.25) is 0 Å². The fraction of sp³-hybridized carbons (Fsp3) is 0.0400. The summed E-state index contributed by atoms with van der Waals surface area (Å²) in [5.74, 6) is 0. The van der Waals surface area contributed by atoms with Crippen molar-refractivity contribution in [3.8, 4) is 0 Å². The number of aromatic amines is 1. The number of fused-ring (bicyclic) bond motifs is 1. The summed E-state index contributed by atoms with van der Waals surface area (Å²) in [6.07, 6.45) is 3.74. The zero-order valence-electron chi connectivity index (χ0n) is 15.3. The molecule has 0 radical (unpaired) electrons. The lowest BCUT2D eigenvalue weighted by Gasteiger charge is -2.36. The van der Waals surface area contributed by atoms with E-state index in [1.807, 2.05) is 18.5 Å². The SMILES string of the molecule is c1ccc(C(c2ccccc2)(c2ccccc2)c2nccc3[nH]ncc23)cc1. The smallest absolute Gasteiger partial charge is 0.0881 e. The molecular formula is C25H19N3. The fourth-order valence-electron chi connectivity index (χ4n) is 4.14. The van der Waals surface area contributed by atoms with Crippen molar-refractivity contribution in [2.75, 3.05) is 0 Å². The maximum atomic E-state index is 4.92. The van der Waals surface area contributed by atoms with Gasteiger partial charge in [-0.05, 0) is 22.8 Å². The van der Waals surface area contributed by atoms with Crippen LogP contribution in [0.25, 0.3) is 10.9 Å². The maximum Gasteiger partial charge on any atom is 0.0881 e. The lowest BCUT2D eigenvalue weighted by Crippen LogP contribution is -2.32. The quantitative estimate of drug-likeness (QED) is 0.439. The van der Waals surface area contributed by atoms with E-state index in [1.165, 1.54) is 16.7 Å². The van der Waals surface area contributed by atoms with Crippen molar-refractivity contribution in [2.45, 2.75) is 5.41 Å². The largest absolute Gasteiger partial charge is 0.278 e. The molecule has 2 heterocycles. The summed E-state index contributed by atoms with van der Waals surface area (Å²) in [5, 5.41) is 8.41. The molecule has 0 aliphatic rings. The third-order valence-corrected chi connectivity index (χ3v) is 5.34. The van der Waals surface area contributed by atoms with E-state index in [1.54, 1.807) is 0 Å². The molecule has 0 aliphatic carbocycles. The van der Waals surface area contributed by atoms with Crippen molar-refractivity contribution in [3.63, 3.8) is 0 Å². The van der Waals surface area contributed by atoms with Crippen molar-refractivity contribution in [1.82, 2.24) is 15.2 Å². The van der Waals surface area contributed by atoms with E-state index in [2.05, 4.69) is 101 Å². The molecule has 0 saturated heterocycles. The van der Waals surface area contributed by atoms with Crippen LogP contribution in [-0.2, 0) is 5.41 Å². The average Bonchev–Trinajstić information content (AvgIpc) is 3.26. The van der Waals surface area contributed by atoms with Crippen LogP contribution in [0, 0.1) is 0 Å². The number of pyridine rings is 1. The highest BCUT2D eigenvalue weighted by Crippen LogP contribution is 2.45. The molecule has 0 fully saturated rings. The van der Waals surface area contributed by atoms with Gasteiger partial charge in [-0.3, -0.25) is 10.1 Å². The Morgan fingerprint density at radius 2 is 1.11 bits per heavy atom. The van der Waals surface area contributed by atoms with E-state index in [-0.39, 0.29) is 0 Å². The monoisotopic (exact) mass is 361 g/mol. The number of hydrogen-bond acceptors (Lipinski definition) is 2. The summed E-state index contributed by atoms with van der Waals surface area (Å²) >= 11 is 0. The van der Waals surface area contributed by atoms with Crippen LogP contribution < -0.4 is 0 Å². The van der Waals surface area contributed by atoms with Gasteiger partial charge in [-0.1, -0.05) is 91.0 Å². The van der Waals surface area contributed by atoms with Crippen LogP contribution in [0.4, 0.5) is 0 Å². The molecule has 0 unspecified atom stereocenters. The minimum Gasteiger partial charge on any atom is -0.278 e.